The number of rotatable bonds is 18. The van der Waals surface area contributed by atoms with Gasteiger partial charge in [-0.2, -0.15) is 0 Å². The van der Waals surface area contributed by atoms with Crippen LogP contribution in [0.4, 0.5) is 0 Å². The number of hydrogen-bond acceptors (Lipinski definition) is 7. The highest BCUT2D eigenvalue weighted by Crippen LogP contribution is 2.01. The van der Waals surface area contributed by atoms with Crippen LogP contribution in [0, 0.1) is 0 Å². The summed E-state index contributed by atoms with van der Waals surface area (Å²) in [5.41, 5.74) is 0. The first kappa shape index (κ1) is 37.3. The summed E-state index contributed by atoms with van der Waals surface area (Å²) in [6, 6.07) is -2.50. The average molecular weight is 584 g/mol. The lowest BCUT2D eigenvalue weighted by atomic mass is 10.1. The molecule has 0 unspecified atom stereocenters. The molecular weight excluding hydrogens is 534 g/mol. The van der Waals surface area contributed by atoms with Crippen molar-refractivity contribution in [1.29, 1.82) is 0 Å². The highest BCUT2D eigenvalue weighted by molar-refractivity contribution is 5.83. The van der Waals surface area contributed by atoms with Crippen molar-refractivity contribution in [3.05, 3.63) is 0 Å². The van der Waals surface area contributed by atoms with Crippen LogP contribution in [0.15, 0.2) is 0 Å². The van der Waals surface area contributed by atoms with Gasteiger partial charge in [-0.3, -0.25) is 33.6 Å². The van der Waals surface area contributed by atoms with E-state index in [-0.39, 0.29) is 92.0 Å². The minimum atomic E-state index is -0.478. The highest BCUT2D eigenvalue weighted by Gasteiger charge is 2.20. The maximum Gasteiger partial charge on any atom is 0.222 e. The van der Waals surface area contributed by atoms with E-state index >= 15 is 0 Å². The summed E-state index contributed by atoms with van der Waals surface area (Å²) in [4.78, 5) is 83.6. The Morgan fingerprint density at radius 2 is 0.585 bits per heavy atom. The maximum absolute atomic E-state index is 12.4. The molecule has 0 aromatic rings. The van der Waals surface area contributed by atoms with Gasteiger partial charge in [0.15, 0.2) is 0 Å². The first-order valence-corrected chi connectivity index (χ1v) is 13.9. The van der Waals surface area contributed by atoms with Crippen molar-refractivity contribution in [3.63, 3.8) is 0 Å². The van der Waals surface area contributed by atoms with Gasteiger partial charge in [0.25, 0.3) is 0 Å². The third-order valence-corrected chi connectivity index (χ3v) is 5.71. The van der Waals surface area contributed by atoms with Crippen LogP contribution in [0.1, 0.15) is 87.0 Å². The van der Waals surface area contributed by atoms with E-state index in [9.17, 15) is 33.6 Å². The second kappa shape index (κ2) is 19.4. The monoisotopic (exact) mass is 583 g/mol. The normalized spacial score (nSPS) is 15.0. The molecule has 0 saturated heterocycles. The summed E-state index contributed by atoms with van der Waals surface area (Å²) < 4.78 is 0. The molecule has 0 aliphatic heterocycles. The number of amides is 7. The molecule has 0 saturated carbocycles. The molecule has 0 aromatic carbocycles. The van der Waals surface area contributed by atoms with Gasteiger partial charge in [0.2, 0.25) is 41.4 Å². The van der Waals surface area contributed by atoms with Crippen molar-refractivity contribution >= 4 is 41.4 Å². The molecule has 0 fully saturated rings. The predicted molar refractivity (Wildman–Crippen MR) is 153 cm³/mol. The van der Waals surface area contributed by atoms with Gasteiger partial charge in [-0.05, 0) is 41.5 Å². The molecular formula is C27H49N7O7. The third-order valence-electron chi connectivity index (χ3n) is 5.71. The van der Waals surface area contributed by atoms with Crippen LogP contribution in [0.3, 0.4) is 0 Å². The fourth-order valence-corrected chi connectivity index (χ4v) is 4.09. The first-order chi connectivity index (χ1) is 19.0. The van der Waals surface area contributed by atoms with Gasteiger partial charge in [-0.15, -0.1) is 0 Å². The Labute approximate surface area is 242 Å². The number of hydrogen-bond donors (Lipinski definition) is 7. The van der Waals surface area contributed by atoms with Crippen LogP contribution < -0.4 is 37.2 Å². The zero-order valence-electron chi connectivity index (χ0n) is 25.6. The lowest BCUT2D eigenvalue weighted by molar-refractivity contribution is -0.126. The molecule has 0 aliphatic carbocycles. The molecule has 0 radical (unpaired) electrons. The highest BCUT2D eigenvalue weighted by atomic mass is 16.2. The lowest BCUT2D eigenvalue weighted by Crippen LogP contribution is -2.44. The largest absolute Gasteiger partial charge is 0.359 e. The van der Waals surface area contributed by atoms with Crippen molar-refractivity contribution in [3.8, 4) is 0 Å². The molecule has 0 bridgehead atoms. The maximum atomic E-state index is 12.4. The number of carbonyl (C=O) groups is 7. The van der Waals surface area contributed by atoms with Gasteiger partial charge in [-0.1, -0.05) is 0 Å². The summed E-state index contributed by atoms with van der Waals surface area (Å²) in [7, 11) is 1.52. The van der Waals surface area contributed by atoms with E-state index in [1.807, 2.05) is 0 Å². The SMILES string of the molecule is CNC(=O)C[C@H](C)NC(=O)C[C@H](C)NC(=O)C[C@H](C)NC(=O)C[C@H](C)NC(=O)C[C@H](C)NC(=O)C[C@H](C)NC(C)=O. The molecule has 41 heavy (non-hydrogen) atoms. The summed E-state index contributed by atoms with van der Waals surface area (Å²) >= 11 is 0. The first-order valence-electron chi connectivity index (χ1n) is 13.9. The Bertz CT molecular complexity index is 928. The van der Waals surface area contributed by atoms with E-state index in [1.165, 1.54) is 14.0 Å². The molecule has 0 spiro atoms. The molecule has 14 nitrogen and oxygen atoms in total. The summed E-state index contributed by atoms with van der Waals surface area (Å²) in [5, 5.41) is 18.7. The van der Waals surface area contributed by atoms with Crippen molar-refractivity contribution in [2.24, 2.45) is 0 Å². The van der Waals surface area contributed by atoms with Gasteiger partial charge in [0, 0.05) is 88.7 Å². The number of nitrogens with one attached hydrogen (secondary N) is 7. The Hall–Kier alpha value is -3.71. The third kappa shape index (κ3) is 19.9. The van der Waals surface area contributed by atoms with E-state index in [1.54, 1.807) is 41.5 Å². The Morgan fingerprint density at radius 3 is 0.780 bits per heavy atom. The molecule has 7 N–H and O–H groups in total. The molecule has 0 rings (SSSR count). The van der Waals surface area contributed by atoms with E-state index in [2.05, 4.69) is 37.2 Å². The van der Waals surface area contributed by atoms with Crippen LogP contribution in [-0.4, -0.2) is 84.6 Å². The van der Waals surface area contributed by atoms with Crippen molar-refractivity contribution < 1.29 is 33.6 Å². The van der Waals surface area contributed by atoms with Crippen LogP contribution >= 0.6 is 0 Å². The Morgan fingerprint density at radius 1 is 0.390 bits per heavy atom. The van der Waals surface area contributed by atoms with Gasteiger partial charge in [-0.25, -0.2) is 0 Å². The van der Waals surface area contributed by atoms with Gasteiger partial charge in [0.1, 0.15) is 0 Å². The standard InChI is InChI=1S/C27H49N7O7/c1-15(29-21(7)35)10-23(37)31-17(3)12-25(39)33-19(5)14-27(41)34-20(6)13-26(40)32-18(4)11-24(38)30-16(2)9-22(36)28-8/h15-20H,9-14H2,1-8H3,(H,28,36)(H,29,35)(H,30,38)(H,31,37)(H,32,40)(H,33,39)(H,34,41)/t15-,16-,17-,18-,19-,20-/m0/s1. The molecule has 0 aliphatic rings. The van der Waals surface area contributed by atoms with Crippen molar-refractivity contribution in [1.82, 2.24) is 37.2 Å². The van der Waals surface area contributed by atoms with Crippen LogP contribution in [0.2, 0.25) is 0 Å². The van der Waals surface area contributed by atoms with E-state index < -0.39 is 24.2 Å². The molecule has 6 atom stereocenters. The second-order valence-corrected chi connectivity index (χ2v) is 10.8. The summed E-state index contributed by atoms with van der Waals surface area (Å²) in [6.45, 7) is 11.5. The minimum Gasteiger partial charge on any atom is -0.359 e. The van der Waals surface area contributed by atoms with Crippen LogP contribution in [0.5, 0.6) is 0 Å². The smallest absolute Gasteiger partial charge is 0.222 e. The minimum absolute atomic E-state index is 0.00250. The fraction of sp³-hybridized carbons (Fsp3) is 0.741. The lowest BCUT2D eigenvalue weighted by Gasteiger charge is -2.20. The van der Waals surface area contributed by atoms with Crippen LogP contribution in [-0.2, 0) is 33.6 Å². The molecule has 0 aromatic heterocycles. The zero-order valence-corrected chi connectivity index (χ0v) is 25.6. The van der Waals surface area contributed by atoms with E-state index in [0.29, 0.717) is 0 Å². The topological polar surface area (TPSA) is 204 Å². The predicted octanol–water partition coefficient (Wildman–Crippen LogP) is -0.879. The van der Waals surface area contributed by atoms with Crippen molar-refractivity contribution in [2.45, 2.75) is 123 Å². The second-order valence-electron chi connectivity index (χ2n) is 10.8. The Kier molecular flexibility index (Phi) is 17.6. The van der Waals surface area contributed by atoms with Crippen molar-refractivity contribution in [2.75, 3.05) is 7.05 Å². The zero-order chi connectivity index (χ0) is 31.7. The van der Waals surface area contributed by atoms with Gasteiger partial charge in [0.05, 0.1) is 0 Å². The molecule has 14 heteroatoms. The number of carbonyl (C=O) groups excluding carboxylic acids is 7. The quantitative estimate of drug-likeness (QED) is 0.108. The molecule has 234 valence electrons. The Balaban J connectivity index is 4.35. The van der Waals surface area contributed by atoms with Crippen LogP contribution in [0.25, 0.3) is 0 Å². The fourth-order valence-electron chi connectivity index (χ4n) is 4.09. The molecule has 7 amide bonds. The average Bonchev–Trinajstić information content (AvgIpc) is 2.76. The summed E-state index contributed by atoms with van der Waals surface area (Å²) in [6.07, 6.45) is 0.306. The summed E-state index contributed by atoms with van der Waals surface area (Å²) in [5.74, 6) is -2.01. The van der Waals surface area contributed by atoms with E-state index in [0.717, 1.165) is 0 Å². The van der Waals surface area contributed by atoms with E-state index in [4.69, 9.17) is 0 Å². The molecule has 0 heterocycles. The van der Waals surface area contributed by atoms with Gasteiger partial charge < -0.3 is 37.2 Å². The van der Waals surface area contributed by atoms with Gasteiger partial charge >= 0.3 is 0 Å².